The summed E-state index contributed by atoms with van der Waals surface area (Å²) >= 11 is 0. The van der Waals surface area contributed by atoms with Crippen LogP contribution in [0.1, 0.15) is 46.5 Å². The van der Waals surface area contributed by atoms with Gasteiger partial charge in [0.25, 0.3) is 0 Å². The zero-order chi connectivity index (χ0) is 9.11. The number of hydrogen-bond donors (Lipinski definition) is 1. The molecule has 1 N–H and O–H groups in total. The standard InChI is InChI=1S/C6H11N.C3H8O/c1-2-3-4-5-6-7;1-3(2)4/h2-5H2,1H3;3-4H,1-2H3. The lowest BCUT2D eigenvalue weighted by Gasteiger charge is -1.84. The maximum absolute atomic E-state index is 8.06. The van der Waals surface area contributed by atoms with E-state index in [9.17, 15) is 0 Å². The van der Waals surface area contributed by atoms with Gasteiger partial charge in [0.2, 0.25) is 0 Å². The van der Waals surface area contributed by atoms with E-state index in [0.29, 0.717) is 0 Å². The summed E-state index contributed by atoms with van der Waals surface area (Å²) in [5.41, 5.74) is 0. The fourth-order valence-electron chi connectivity index (χ4n) is 0.454. The Morgan fingerprint density at radius 1 is 1.36 bits per heavy atom. The normalized spacial score (nSPS) is 8.36. The molecule has 0 heterocycles. The minimum atomic E-state index is -0.167. The van der Waals surface area contributed by atoms with E-state index in [0.717, 1.165) is 12.8 Å². The van der Waals surface area contributed by atoms with Crippen LogP contribution in [0.15, 0.2) is 0 Å². The Bertz CT molecular complexity index is 91.5. The number of hydrogen-bond acceptors (Lipinski definition) is 2. The highest BCUT2D eigenvalue weighted by atomic mass is 16.3. The van der Waals surface area contributed by atoms with E-state index in [2.05, 4.69) is 13.0 Å². The zero-order valence-electron chi connectivity index (χ0n) is 7.80. The van der Waals surface area contributed by atoms with Gasteiger partial charge in [0.15, 0.2) is 0 Å². The molecule has 0 atom stereocenters. The lowest BCUT2D eigenvalue weighted by atomic mass is 10.2. The average Bonchev–Trinajstić information content (AvgIpc) is 1.88. The molecule has 2 nitrogen and oxygen atoms in total. The van der Waals surface area contributed by atoms with Crippen molar-refractivity contribution >= 4 is 0 Å². The van der Waals surface area contributed by atoms with Crippen molar-refractivity contribution in [1.29, 1.82) is 5.26 Å². The van der Waals surface area contributed by atoms with Gasteiger partial charge >= 0.3 is 0 Å². The number of unbranched alkanes of at least 4 members (excludes halogenated alkanes) is 3. The molecule has 0 rings (SSSR count). The first-order valence-corrected chi connectivity index (χ1v) is 4.20. The predicted octanol–water partition coefficient (Wildman–Crippen LogP) is 2.48. The third-order valence-corrected chi connectivity index (χ3v) is 0.892. The first-order valence-electron chi connectivity index (χ1n) is 4.20. The summed E-state index contributed by atoms with van der Waals surface area (Å²) < 4.78 is 0. The van der Waals surface area contributed by atoms with Gasteiger partial charge in [-0.2, -0.15) is 5.26 Å². The van der Waals surface area contributed by atoms with Crippen LogP contribution in [0.25, 0.3) is 0 Å². The molecule has 0 bridgehead atoms. The Morgan fingerprint density at radius 2 is 1.82 bits per heavy atom. The van der Waals surface area contributed by atoms with Crippen molar-refractivity contribution in [2.24, 2.45) is 0 Å². The number of rotatable bonds is 3. The SMILES string of the molecule is CC(C)O.CCCCCC#N. The summed E-state index contributed by atoms with van der Waals surface area (Å²) in [6, 6.07) is 2.10. The van der Waals surface area contributed by atoms with Gasteiger partial charge in [-0.15, -0.1) is 0 Å². The van der Waals surface area contributed by atoms with E-state index in [1.54, 1.807) is 13.8 Å². The molecule has 0 fully saturated rings. The Kier molecular flexibility index (Phi) is 14.4. The molecular weight excluding hydrogens is 138 g/mol. The first-order chi connectivity index (χ1) is 5.15. The third kappa shape index (κ3) is 44.1. The van der Waals surface area contributed by atoms with E-state index >= 15 is 0 Å². The smallest absolute Gasteiger partial charge is 0.0621 e. The maximum atomic E-state index is 8.06. The van der Waals surface area contributed by atoms with Crippen LogP contribution < -0.4 is 0 Å². The second-order valence-electron chi connectivity index (χ2n) is 2.71. The molecule has 0 aromatic rings. The van der Waals surface area contributed by atoms with Crippen molar-refractivity contribution in [3.63, 3.8) is 0 Å². The largest absolute Gasteiger partial charge is 0.394 e. The van der Waals surface area contributed by atoms with Crippen LogP contribution in [0.2, 0.25) is 0 Å². The molecule has 0 radical (unpaired) electrons. The minimum Gasteiger partial charge on any atom is -0.394 e. The summed E-state index contributed by atoms with van der Waals surface area (Å²) in [5.74, 6) is 0. The van der Waals surface area contributed by atoms with Crippen molar-refractivity contribution < 1.29 is 5.11 Å². The Hall–Kier alpha value is -0.550. The van der Waals surface area contributed by atoms with Gasteiger partial charge < -0.3 is 5.11 Å². The molecule has 0 saturated carbocycles. The molecule has 2 heteroatoms. The number of aliphatic hydroxyl groups is 1. The van der Waals surface area contributed by atoms with Crippen molar-refractivity contribution in [3.05, 3.63) is 0 Å². The molecule has 0 aromatic heterocycles. The molecule has 0 spiro atoms. The van der Waals surface area contributed by atoms with Crippen LogP contribution >= 0.6 is 0 Å². The monoisotopic (exact) mass is 157 g/mol. The zero-order valence-corrected chi connectivity index (χ0v) is 7.80. The highest BCUT2D eigenvalue weighted by Crippen LogP contribution is 1.95. The Labute approximate surface area is 69.9 Å². The van der Waals surface area contributed by atoms with Gasteiger partial charge in [0, 0.05) is 12.5 Å². The molecular formula is C9H19NO. The van der Waals surface area contributed by atoms with E-state index in [4.69, 9.17) is 10.4 Å². The van der Waals surface area contributed by atoms with Gasteiger partial charge in [-0.25, -0.2) is 0 Å². The first kappa shape index (κ1) is 13.1. The Morgan fingerprint density at radius 3 is 2.09 bits per heavy atom. The highest BCUT2D eigenvalue weighted by molar-refractivity contribution is 4.67. The van der Waals surface area contributed by atoms with Crippen LogP contribution in [0.3, 0.4) is 0 Å². The molecule has 0 aromatic carbocycles. The van der Waals surface area contributed by atoms with E-state index in [1.807, 2.05) is 0 Å². The minimum absolute atomic E-state index is 0.167. The molecule has 11 heavy (non-hydrogen) atoms. The summed E-state index contributed by atoms with van der Waals surface area (Å²) in [6.45, 7) is 5.58. The molecule has 0 aliphatic heterocycles. The molecule has 0 aliphatic rings. The van der Waals surface area contributed by atoms with E-state index < -0.39 is 0 Å². The lowest BCUT2D eigenvalue weighted by molar-refractivity contribution is 0.216. The average molecular weight is 157 g/mol. The van der Waals surface area contributed by atoms with Gasteiger partial charge in [-0.1, -0.05) is 19.8 Å². The quantitative estimate of drug-likeness (QED) is 0.639. The second-order valence-corrected chi connectivity index (χ2v) is 2.71. The lowest BCUT2D eigenvalue weighted by Crippen LogP contribution is -1.85. The van der Waals surface area contributed by atoms with Crippen LogP contribution in [0.4, 0.5) is 0 Å². The number of nitriles is 1. The van der Waals surface area contributed by atoms with Crippen LogP contribution in [0.5, 0.6) is 0 Å². The van der Waals surface area contributed by atoms with Crippen LogP contribution in [-0.4, -0.2) is 11.2 Å². The second kappa shape index (κ2) is 12.2. The van der Waals surface area contributed by atoms with Crippen LogP contribution in [-0.2, 0) is 0 Å². The summed E-state index contributed by atoms with van der Waals surface area (Å²) in [4.78, 5) is 0. The topological polar surface area (TPSA) is 44.0 Å². The van der Waals surface area contributed by atoms with Gasteiger partial charge in [0.1, 0.15) is 0 Å². The van der Waals surface area contributed by atoms with Crippen molar-refractivity contribution in [1.82, 2.24) is 0 Å². The Balaban J connectivity index is 0. The van der Waals surface area contributed by atoms with Crippen LogP contribution in [0, 0.1) is 11.3 Å². The van der Waals surface area contributed by atoms with Crippen molar-refractivity contribution in [2.45, 2.75) is 52.6 Å². The van der Waals surface area contributed by atoms with Crippen molar-refractivity contribution in [2.75, 3.05) is 0 Å². The summed E-state index contributed by atoms with van der Waals surface area (Å²) in [7, 11) is 0. The van der Waals surface area contributed by atoms with Gasteiger partial charge in [-0.05, 0) is 20.3 Å². The predicted molar refractivity (Wildman–Crippen MR) is 47.1 cm³/mol. The maximum Gasteiger partial charge on any atom is 0.0621 e. The van der Waals surface area contributed by atoms with E-state index in [1.165, 1.54) is 12.8 Å². The number of nitrogens with zero attached hydrogens (tertiary/aromatic N) is 1. The molecule has 66 valence electrons. The molecule has 0 unspecified atom stereocenters. The van der Waals surface area contributed by atoms with E-state index in [-0.39, 0.29) is 6.10 Å². The summed E-state index contributed by atoms with van der Waals surface area (Å²) in [5, 5.41) is 16.1. The summed E-state index contributed by atoms with van der Waals surface area (Å²) in [6.07, 6.45) is 4.05. The number of aliphatic hydroxyl groups excluding tert-OH is 1. The highest BCUT2D eigenvalue weighted by Gasteiger charge is 1.79. The third-order valence-electron chi connectivity index (χ3n) is 0.892. The molecule has 0 aliphatic carbocycles. The van der Waals surface area contributed by atoms with Gasteiger partial charge in [-0.3, -0.25) is 0 Å². The van der Waals surface area contributed by atoms with Gasteiger partial charge in [0.05, 0.1) is 6.07 Å². The fourth-order valence-corrected chi connectivity index (χ4v) is 0.454. The fraction of sp³-hybridized carbons (Fsp3) is 0.889. The van der Waals surface area contributed by atoms with Crippen molar-refractivity contribution in [3.8, 4) is 6.07 Å². The molecule has 0 amide bonds. The molecule has 0 saturated heterocycles.